The van der Waals surface area contributed by atoms with Gasteiger partial charge in [-0.25, -0.2) is 0 Å². The highest BCUT2D eigenvalue weighted by Gasteiger charge is 2.03. The van der Waals surface area contributed by atoms with E-state index in [0.717, 1.165) is 36.8 Å². The van der Waals surface area contributed by atoms with Crippen LogP contribution in [0.3, 0.4) is 0 Å². The van der Waals surface area contributed by atoms with Gasteiger partial charge in [0.05, 0.1) is 19.0 Å². The van der Waals surface area contributed by atoms with Crippen molar-refractivity contribution in [1.82, 2.24) is 9.88 Å². The van der Waals surface area contributed by atoms with Crippen LogP contribution in [0.25, 0.3) is 0 Å². The summed E-state index contributed by atoms with van der Waals surface area (Å²) in [5, 5.41) is 3.36. The third kappa shape index (κ3) is 3.70. The predicted molar refractivity (Wildman–Crippen MR) is 67.2 cm³/mol. The van der Waals surface area contributed by atoms with Crippen molar-refractivity contribution in [3.8, 4) is 5.75 Å². The summed E-state index contributed by atoms with van der Waals surface area (Å²) in [5.41, 5.74) is 2.01. The number of pyridine rings is 1. The standard InChI is InChI=1S/C12H21N3O/c1-5-15(3)7-6-13-11-8-10(2)14-9-12(11)16-4/h8-9H,5-7H2,1-4H3,(H,13,14). The van der Waals surface area contributed by atoms with Gasteiger partial charge in [0.2, 0.25) is 0 Å². The van der Waals surface area contributed by atoms with Crippen molar-refractivity contribution in [2.45, 2.75) is 13.8 Å². The third-order valence-corrected chi connectivity index (χ3v) is 2.57. The summed E-state index contributed by atoms with van der Waals surface area (Å²) >= 11 is 0. The monoisotopic (exact) mass is 223 g/mol. The summed E-state index contributed by atoms with van der Waals surface area (Å²) in [6, 6.07) is 2.00. The Balaban J connectivity index is 2.55. The summed E-state index contributed by atoms with van der Waals surface area (Å²) in [5.74, 6) is 0.796. The molecule has 1 aromatic rings. The topological polar surface area (TPSA) is 37.4 Å². The van der Waals surface area contributed by atoms with Gasteiger partial charge in [-0.15, -0.1) is 0 Å². The van der Waals surface area contributed by atoms with Crippen molar-refractivity contribution < 1.29 is 4.74 Å². The summed E-state index contributed by atoms with van der Waals surface area (Å²) in [4.78, 5) is 6.45. The first-order valence-electron chi connectivity index (χ1n) is 5.60. The maximum atomic E-state index is 5.25. The molecule has 0 aliphatic carbocycles. The highest BCUT2D eigenvalue weighted by molar-refractivity contribution is 5.55. The van der Waals surface area contributed by atoms with Gasteiger partial charge in [-0.1, -0.05) is 6.92 Å². The van der Waals surface area contributed by atoms with E-state index in [-0.39, 0.29) is 0 Å². The lowest BCUT2D eigenvalue weighted by Crippen LogP contribution is -2.24. The number of nitrogens with one attached hydrogen (secondary N) is 1. The largest absolute Gasteiger partial charge is 0.493 e. The zero-order valence-corrected chi connectivity index (χ0v) is 10.6. The fourth-order valence-corrected chi connectivity index (χ4v) is 1.39. The van der Waals surface area contributed by atoms with Crippen LogP contribution in [0.15, 0.2) is 12.3 Å². The molecule has 0 aromatic carbocycles. The number of hydrogen-bond acceptors (Lipinski definition) is 4. The minimum Gasteiger partial charge on any atom is -0.493 e. The number of ether oxygens (including phenoxy) is 1. The van der Waals surface area contributed by atoms with Crippen LogP contribution in [0.5, 0.6) is 5.75 Å². The van der Waals surface area contributed by atoms with E-state index in [0.29, 0.717) is 0 Å². The van der Waals surface area contributed by atoms with E-state index >= 15 is 0 Å². The Morgan fingerprint density at radius 1 is 1.50 bits per heavy atom. The molecule has 0 bridgehead atoms. The van der Waals surface area contributed by atoms with Gasteiger partial charge in [0, 0.05) is 18.8 Å². The van der Waals surface area contributed by atoms with E-state index in [9.17, 15) is 0 Å². The second-order valence-electron chi connectivity index (χ2n) is 3.85. The lowest BCUT2D eigenvalue weighted by atomic mass is 10.3. The van der Waals surface area contributed by atoms with Gasteiger partial charge in [-0.05, 0) is 26.6 Å². The Morgan fingerprint density at radius 3 is 2.88 bits per heavy atom. The number of rotatable bonds is 6. The number of hydrogen-bond donors (Lipinski definition) is 1. The van der Waals surface area contributed by atoms with Gasteiger partial charge < -0.3 is 15.0 Å². The number of aromatic nitrogens is 1. The summed E-state index contributed by atoms with van der Waals surface area (Å²) in [7, 11) is 3.77. The third-order valence-electron chi connectivity index (χ3n) is 2.57. The average Bonchev–Trinajstić information content (AvgIpc) is 2.29. The normalized spacial score (nSPS) is 10.6. The maximum Gasteiger partial charge on any atom is 0.160 e. The Morgan fingerprint density at radius 2 is 2.25 bits per heavy atom. The van der Waals surface area contributed by atoms with Crippen molar-refractivity contribution >= 4 is 5.69 Å². The van der Waals surface area contributed by atoms with E-state index in [4.69, 9.17) is 4.74 Å². The molecule has 1 rings (SSSR count). The molecule has 1 heterocycles. The Bertz CT molecular complexity index is 328. The fraction of sp³-hybridized carbons (Fsp3) is 0.583. The average molecular weight is 223 g/mol. The molecule has 1 aromatic heterocycles. The minimum absolute atomic E-state index is 0.796. The number of aryl methyl sites for hydroxylation is 1. The van der Waals surface area contributed by atoms with Crippen LogP contribution in [0, 0.1) is 6.92 Å². The summed E-state index contributed by atoms with van der Waals surface area (Å²) in [6.45, 7) is 7.11. The van der Waals surface area contributed by atoms with Crippen LogP contribution in [0.4, 0.5) is 5.69 Å². The molecule has 0 radical (unpaired) electrons. The molecule has 0 unspecified atom stereocenters. The minimum atomic E-state index is 0.796. The van der Waals surface area contributed by atoms with Crippen LogP contribution >= 0.6 is 0 Å². The number of methoxy groups -OCH3 is 1. The van der Waals surface area contributed by atoms with Gasteiger partial charge in [-0.3, -0.25) is 4.98 Å². The van der Waals surface area contributed by atoms with Crippen LogP contribution in [0.2, 0.25) is 0 Å². The number of nitrogens with zero attached hydrogens (tertiary/aromatic N) is 2. The fourth-order valence-electron chi connectivity index (χ4n) is 1.39. The zero-order valence-electron chi connectivity index (χ0n) is 10.6. The highest BCUT2D eigenvalue weighted by atomic mass is 16.5. The second kappa shape index (κ2) is 6.33. The molecular formula is C12H21N3O. The second-order valence-corrected chi connectivity index (χ2v) is 3.85. The van der Waals surface area contributed by atoms with Crippen molar-refractivity contribution in [2.24, 2.45) is 0 Å². The highest BCUT2D eigenvalue weighted by Crippen LogP contribution is 2.22. The molecule has 1 N–H and O–H groups in total. The molecular weight excluding hydrogens is 202 g/mol. The molecule has 0 spiro atoms. The molecule has 90 valence electrons. The summed E-state index contributed by atoms with van der Waals surface area (Å²) < 4.78 is 5.25. The number of likely N-dealkylation sites (N-methyl/N-ethyl adjacent to an activating group) is 1. The maximum absolute atomic E-state index is 5.25. The Hall–Kier alpha value is -1.29. The molecule has 0 saturated carbocycles. The van der Waals surface area contributed by atoms with Crippen LogP contribution < -0.4 is 10.1 Å². The van der Waals surface area contributed by atoms with E-state index in [1.165, 1.54) is 0 Å². The first-order chi connectivity index (χ1) is 7.67. The Kier molecular flexibility index (Phi) is 5.05. The molecule has 4 heteroatoms. The molecule has 0 atom stereocenters. The SMILES string of the molecule is CCN(C)CCNc1cc(C)ncc1OC. The number of anilines is 1. The van der Waals surface area contributed by atoms with E-state index in [1.54, 1.807) is 13.3 Å². The van der Waals surface area contributed by atoms with Gasteiger partial charge in [0.1, 0.15) is 0 Å². The first-order valence-corrected chi connectivity index (χ1v) is 5.60. The molecule has 0 aliphatic heterocycles. The van der Waals surface area contributed by atoms with E-state index < -0.39 is 0 Å². The first kappa shape index (κ1) is 12.8. The predicted octanol–water partition coefficient (Wildman–Crippen LogP) is 1.76. The van der Waals surface area contributed by atoms with Crippen LogP contribution in [-0.4, -0.2) is 43.7 Å². The molecule has 0 saturated heterocycles. The van der Waals surface area contributed by atoms with Gasteiger partial charge in [0.15, 0.2) is 5.75 Å². The zero-order chi connectivity index (χ0) is 12.0. The van der Waals surface area contributed by atoms with E-state index in [2.05, 4.69) is 29.2 Å². The van der Waals surface area contributed by atoms with Gasteiger partial charge >= 0.3 is 0 Å². The lowest BCUT2D eigenvalue weighted by Gasteiger charge is -2.16. The quantitative estimate of drug-likeness (QED) is 0.797. The lowest BCUT2D eigenvalue weighted by molar-refractivity contribution is 0.366. The van der Waals surface area contributed by atoms with Crippen LogP contribution in [0.1, 0.15) is 12.6 Å². The Labute approximate surface area is 97.6 Å². The van der Waals surface area contributed by atoms with Crippen molar-refractivity contribution in [2.75, 3.05) is 39.1 Å². The van der Waals surface area contributed by atoms with Crippen molar-refractivity contribution in [3.63, 3.8) is 0 Å². The van der Waals surface area contributed by atoms with Crippen molar-refractivity contribution in [3.05, 3.63) is 18.0 Å². The van der Waals surface area contributed by atoms with Gasteiger partial charge in [0.25, 0.3) is 0 Å². The molecule has 4 nitrogen and oxygen atoms in total. The van der Waals surface area contributed by atoms with Gasteiger partial charge in [-0.2, -0.15) is 0 Å². The van der Waals surface area contributed by atoms with E-state index in [1.807, 2.05) is 13.0 Å². The molecule has 0 amide bonds. The van der Waals surface area contributed by atoms with Crippen LogP contribution in [-0.2, 0) is 0 Å². The molecule has 16 heavy (non-hydrogen) atoms. The molecule has 0 aliphatic rings. The van der Waals surface area contributed by atoms with Crippen molar-refractivity contribution in [1.29, 1.82) is 0 Å². The summed E-state index contributed by atoms with van der Waals surface area (Å²) in [6.07, 6.45) is 1.75. The smallest absolute Gasteiger partial charge is 0.160 e. The molecule has 0 fully saturated rings.